The van der Waals surface area contributed by atoms with Crippen molar-refractivity contribution in [3.05, 3.63) is 42.2 Å². The zero-order valence-corrected chi connectivity index (χ0v) is 19.0. The van der Waals surface area contributed by atoms with Gasteiger partial charge in [0.05, 0.1) is 24.0 Å². The number of fused-ring (bicyclic) bond motifs is 1. The average Bonchev–Trinajstić information content (AvgIpc) is 3.14. The average molecular weight is 433 g/mol. The van der Waals surface area contributed by atoms with Gasteiger partial charge in [0, 0.05) is 24.9 Å². The van der Waals surface area contributed by atoms with Gasteiger partial charge in [0.1, 0.15) is 5.84 Å². The molecule has 2 aromatic rings. The van der Waals surface area contributed by atoms with Crippen LogP contribution in [0.1, 0.15) is 52.9 Å². The third-order valence-electron chi connectivity index (χ3n) is 5.37. The number of benzene rings is 1. The summed E-state index contributed by atoms with van der Waals surface area (Å²) in [6.45, 7) is 8.91. The Morgan fingerprint density at radius 3 is 2.83 bits per heavy atom. The summed E-state index contributed by atoms with van der Waals surface area (Å²) in [4.78, 5) is 22.3. The minimum absolute atomic E-state index is 0.0358. The number of nitrogens with zero attached hydrogens (tertiary/aromatic N) is 3. The number of aliphatic imine (C=N–C) groups is 1. The largest absolute Gasteiger partial charge is 0.468 e. The Balaban J connectivity index is 2.06. The van der Waals surface area contributed by atoms with E-state index in [1.54, 1.807) is 0 Å². The van der Waals surface area contributed by atoms with Gasteiger partial charge < -0.3 is 9.30 Å². The Bertz CT molecular complexity index is 862. The van der Waals surface area contributed by atoms with Crippen molar-refractivity contribution in [1.82, 2.24) is 14.4 Å². The van der Waals surface area contributed by atoms with Gasteiger partial charge in [0.15, 0.2) is 0 Å². The van der Waals surface area contributed by atoms with Gasteiger partial charge in [-0.05, 0) is 62.1 Å². The first-order chi connectivity index (χ1) is 14.5. The van der Waals surface area contributed by atoms with Crippen LogP contribution in [-0.4, -0.2) is 35.0 Å². The zero-order valence-electron chi connectivity index (χ0n) is 18.2. The highest BCUT2D eigenvalue weighted by atomic mass is 35.5. The van der Waals surface area contributed by atoms with Crippen LogP contribution in [0.3, 0.4) is 0 Å². The monoisotopic (exact) mass is 432 g/mol. The van der Waals surface area contributed by atoms with Crippen LogP contribution in [-0.2, 0) is 16.1 Å². The highest BCUT2D eigenvalue weighted by Gasteiger charge is 2.25. The van der Waals surface area contributed by atoms with Crippen molar-refractivity contribution < 1.29 is 9.53 Å². The Morgan fingerprint density at radius 1 is 1.33 bits per heavy atom. The van der Waals surface area contributed by atoms with Crippen molar-refractivity contribution in [1.29, 1.82) is 0 Å². The first-order valence-corrected chi connectivity index (χ1v) is 10.9. The van der Waals surface area contributed by atoms with Gasteiger partial charge in [-0.1, -0.05) is 32.1 Å². The third-order valence-corrected chi connectivity index (χ3v) is 5.55. The molecule has 0 aliphatic carbocycles. The number of hydrogen-bond acceptors (Lipinski definition) is 4. The molecule has 0 radical (unpaired) electrons. The van der Waals surface area contributed by atoms with Crippen molar-refractivity contribution in [2.24, 2.45) is 10.4 Å². The summed E-state index contributed by atoms with van der Waals surface area (Å²) in [5.74, 6) is 0.736. The molecule has 0 saturated heterocycles. The molecule has 164 valence electrons. The molecule has 1 unspecified atom stereocenters. The van der Waals surface area contributed by atoms with E-state index in [2.05, 4.69) is 45.4 Å². The number of amidine groups is 1. The van der Waals surface area contributed by atoms with Crippen molar-refractivity contribution >= 4 is 35.1 Å². The van der Waals surface area contributed by atoms with E-state index in [0.717, 1.165) is 61.1 Å². The van der Waals surface area contributed by atoms with Crippen LogP contribution in [0.25, 0.3) is 11.0 Å². The number of nitrogens with one attached hydrogen (secondary N) is 1. The first-order valence-electron chi connectivity index (χ1n) is 10.6. The van der Waals surface area contributed by atoms with E-state index in [9.17, 15) is 4.79 Å². The van der Waals surface area contributed by atoms with Crippen LogP contribution < -0.4 is 4.84 Å². The fourth-order valence-corrected chi connectivity index (χ4v) is 4.00. The van der Waals surface area contributed by atoms with Crippen molar-refractivity contribution in [3.8, 4) is 0 Å². The van der Waals surface area contributed by atoms with Crippen molar-refractivity contribution in [2.45, 2.75) is 59.4 Å². The summed E-state index contributed by atoms with van der Waals surface area (Å²) < 4.78 is 7.13. The van der Waals surface area contributed by atoms with Gasteiger partial charge in [-0.2, -0.15) is 0 Å². The normalized spacial score (nSPS) is 14.5. The van der Waals surface area contributed by atoms with Gasteiger partial charge in [0.25, 0.3) is 6.47 Å². The molecule has 0 spiro atoms. The van der Waals surface area contributed by atoms with E-state index < -0.39 is 0 Å². The summed E-state index contributed by atoms with van der Waals surface area (Å²) >= 11 is 5.84. The zero-order chi connectivity index (χ0) is 21.8. The lowest BCUT2D eigenvalue weighted by Crippen LogP contribution is -2.24. The number of carbonyl (C=O) groups excluding carboxylic acids is 1. The summed E-state index contributed by atoms with van der Waals surface area (Å²) in [6.07, 6.45) is 8.69. The second kappa shape index (κ2) is 12.4. The lowest BCUT2D eigenvalue weighted by atomic mass is 9.80. The van der Waals surface area contributed by atoms with Gasteiger partial charge in [0.2, 0.25) is 0 Å². The molecule has 1 aromatic carbocycles. The molecule has 1 atom stereocenters. The smallest absolute Gasteiger partial charge is 0.293 e. The fraction of sp³-hybridized carbons (Fsp3) is 0.522. The van der Waals surface area contributed by atoms with Crippen LogP contribution in [0.5, 0.6) is 0 Å². The number of aromatic nitrogens is 2. The molecular weight excluding hydrogens is 400 g/mol. The highest BCUT2D eigenvalue weighted by Crippen LogP contribution is 2.32. The maximum absolute atomic E-state index is 10.5. The van der Waals surface area contributed by atoms with Crippen molar-refractivity contribution in [3.63, 3.8) is 0 Å². The van der Waals surface area contributed by atoms with Crippen LogP contribution in [0.4, 0.5) is 0 Å². The van der Waals surface area contributed by atoms with E-state index >= 15 is 0 Å². The maximum atomic E-state index is 10.5. The molecule has 6 nitrogen and oxygen atoms in total. The molecule has 7 heteroatoms. The Labute approximate surface area is 184 Å². The summed E-state index contributed by atoms with van der Waals surface area (Å²) in [5, 5.41) is 0. The highest BCUT2D eigenvalue weighted by molar-refractivity contribution is 6.25. The van der Waals surface area contributed by atoms with Gasteiger partial charge in [-0.15, -0.1) is 0 Å². The molecule has 0 amide bonds. The second-order valence-corrected chi connectivity index (χ2v) is 8.16. The molecule has 30 heavy (non-hydrogen) atoms. The Kier molecular flexibility index (Phi) is 9.87. The summed E-state index contributed by atoms with van der Waals surface area (Å²) in [6, 6.07) is 8.18. The number of halogens is 1. The minimum atomic E-state index is 0.0358. The standard InChI is InChI=1S/C23H33ClN4O2/c1-4-9-19(2)22(27-24)25-14-7-12-23(3,13-8-15-30-18-29)16-28-17-26-20-10-5-6-11-21(20)28/h5-6,9-11,17-18H,4,7-8,12-16H2,1-3H3,(H,25,27)/b19-9-. The number of allylic oxidation sites excluding steroid dienone is 1. The topological polar surface area (TPSA) is 68.5 Å². The molecule has 0 saturated carbocycles. The van der Waals surface area contributed by atoms with Crippen LogP contribution >= 0.6 is 11.8 Å². The summed E-state index contributed by atoms with van der Waals surface area (Å²) in [7, 11) is 0. The number of ether oxygens (including phenoxy) is 1. The third kappa shape index (κ3) is 7.17. The summed E-state index contributed by atoms with van der Waals surface area (Å²) in [5.41, 5.74) is 3.24. The number of carbonyl (C=O) groups is 1. The molecular formula is C23H33ClN4O2. The van der Waals surface area contributed by atoms with Crippen LogP contribution in [0, 0.1) is 5.41 Å². The van der Waals surface area contributed by atoms with E-state index in [4.69, 9.17) is 16.5 Å². The van der Waals surface area contributed by atoms with Gasteiger partial charge in [-0.3, -0.25) is 14.6 Å². The predicted octanol–water partition coefficient (Wildman–Crippen LogP) is 5.27. The number of hydrogen-bond donors (Lipinski definition) is 1. The van der Waals surface area contributed by atoms with E-state index in [1.807, 2.05) is 31.5 Å². The van der Waals surface area contributed by atoms with Gasteiger partial charge >= 0.3 is 0 Å². The SMILES string of the molecule is CC/C=C(/C)C(=NCCCC(C)(CCCOC=O)Cn1cnc2ccccc21)NCl. The number of para-hydroxylation sites is 2. The van der Waals surface area contributed by atoms with Crippen molar-refractivity contribution in [2.75, 3.05) is 13.2 Å². The number of imidazole rings is 1. The van der Waals surface area contributed by atoms with E-state index in [-0.39, 0.29) is 5.41 Å². The second-order valence-electron chi connectivity index (χ2n) is 7.97. The molecule has 1 N–H and O–H groups in total. The maximum Gasteiger partial charge on any atom is 0.293 e. The Hall–Kier alpha value is -2.34. The molecule has 0 bridgehead atoms. The molecule has 2 rings (SSSR count). The van der Waals surface area contributed by atoms with E-state index in [1.165, 1.54) is 0 Å². The predicted molar refractivity (Wildman–Crippen MR) is 124 cm³/mol. The number of rotatable bonds is 13. The lowest BCUT2D eigenvalue weighted by molar-refractivity contribution is -0.128. The molecule has 0 aliphatic rings. The first kappa shape index (κ1) is 23.9. The molecule has 0 aliphatic heterocycles. The lowest BCUT2D eigenvalue weighted by Gasteiger charge is -2.30. The quantitative estimate of drug-likeness (QED) is 0.154. The fourth-order valence-electron chi connectivity index (χ4n) is 3.79. The molecule has 1 aromatic heterocycles. The van der Waals surface area contributed by atoms with E-state index in [0.29, 0.717) is 19.6 Å². The van der Waals surface area contributed by atoms with Crippen LogP contribution in [0.2, 0.25) is 0 Å². The Morgan fingerprint density at radius 2 is 2.10 bits per heavy atom. The molecule has 0 fully saturated rings. The van der Waals surface area contributed by atoms with Crippen LogP contribution in [0.15, 0.2) is 47.2 Å². The van der Waals surface area contributed by atoms with Gasteiger partial charge in [-0.25, -0.2) is 4.98 Å². The minimum Gasteiger partial charge on any atom is -0.468 e. The molecule has 1 heterocycles.